The van der Waals surface area contributed by atoms with Crippen LogP contribution in [0.3, 0.4) is 0 Å². The van der Waals surface area contributed by atoms with Crippen LogP contribution in [-0.2, 0) is 0 Å². The van der Waals surface area contributed by atoms with Gasteiger partial charge in [0.1, 0.15) is 0 Å². The molecule has 94 valence electrons. The maximum absolute atomic E-state index is 11.6. The van der Waals surface area contributed by atoms with Gasteiger partial charge >= 0.3 is 16.9 Å². The van der Waals surface area contributed by atoms with E-state index in [-0.39, 0.29) is 14.9 Å². The van der Waals surface area contributed by atoms with Crippen LogP contribution in [-0.4, -0.2) is 14.5 Å². The zero-order valence-electron chi connectivity index (χ0n) is 8.95. The molecule has 1 N–H and O–H groups in total. The van der Waals surface area contributed by atoms with E-state index >= 15 is 0 Å². The topological polar surface area (TPSA) is 124 Å². The monoisotopic (exact) mass is 254 g/mol. The quantitative estimate of drug-likeness (QED) is 0.565. The zero-order chi connectivity index (χ0) is 13.4. The lowest BCUT2D eigenvalue weighted by Crippen LogP contribution is -2.37. The molecule has 0 amide bonds. The van der Waals surface area contributed by atoms with Gasteiger partial charge in [-0.2, -0.15) is 0 Å². The largest absolute Gasteiger partial charge is 0.421 e. The number of hydrogen-bond donors (Lipinski definition) is 1. The standard InChI is InChI=1S/C9H6N2O7/c1-4-7(14)11-9(15)10(16)8(4)17-5(12)2-3-6(13)18-11/h2-3,16H,1H3. The highest BCUT2D eigenvalue weighted by Gasteiger charge is 2.13. The molecule has 2 bridgehead atoms. The lowest BCUT2D eigenvalue weighted by atomic mass is 10.4. The van der Waals surface area contributed by atoms with Gasteiger partial charge in [0.05, 0.1) is 5.56 Å². The molecule has 0 spiro atoms. The van der Waals surface area contributed by atoms with Gasteiger partial charge in [-0.3, -0.25) is 4.79 Å². The zero-order valence-corrected chi connectivity index (χ0v) is 8.95. The normalized spacial score (nSPS) is 10.5. The molecule has 0 aromatic carbocycles. The highest BCUT2D eigenvalue weighted by molar-refractivity contribution is 5.38. The SMILES string of the molecule is Cc1c(=O)n2oc(=O)ccc(=O)oc1n(O)c2=O. The Hall–Kier alpha value is -2.84. The molecule has 3 heterocycles. The molecular formula is C9H6N2O7. The van der Waals surface area contributed by atoms with E-state index in [0.717, 1.165) is 6.07 Å². The van der Waals surface area contributed by atoms with E-state index in [1.165, 1.54) is 6.92 Å². The molecule has 0 fully saturated rings. The van der Waals surface area contributed by atoms with Gasteiger partial charge in [0.15, 0.2) is 0 Å². The van der Waals surface area contributed by atoms with Gasteiger partial charge < -0.3 is 14.1 Å². The summed E-state index contributed by atoms with van der Waals surface area (Å²) in [5, 5.41) is 9.42. The fraction of sp³-hybridized carbons (Fsp3) is 0.111. The number of aryl methyl sites for hydroxylation is 1. The van der Waals surface area contributed by atoms with Crippen molar-refractivity contribution in [3.63, 3.8) is 0 Å². The average Bonchev–Trinajstić information content (AvgIpc) is 2.34. The summed E-state index contributed by atoms with van der Waals surface area (Å²) < 4.78 is 8.94. The first-order chi connectivity index (χ1) is 8.41. The predicted octanol–water partition coefficient (Wildman–Crippen LogP) is -1.52. The van der Waals surface area contributed by atoms with Crippen molar-refractivity contribution in [3.8, 4) is 0 Å². The van der Waals surface area contributed by atoms with Crippen molar-refractivity contribution < 1.29 is 14.1 Å². The van der Waals surface area contributed by atoms with Gasteiger partial charge in [-0.05, 0) is 6.92 Å². The first-order valence-electron chi connectivity index (χ1n) is 4.62. The molecule has 0 radical (unpaired) electrons. The summed E-state index contributed by atoms with van der Waals surface area (Å²) in [6.45, 7) is 1.19. The van der Waals surface area contributed by atoms with Crippen molar-refractivity contribution >= 4 is 5.71 Å². The van der Waals surface area contributed by atoms with Gasteiger partial charge in [-0.1, -0.05) is 9.30 Å². The smallest absolute Gasteiger partial charge is 0.401 e. The summed E-state index contributed by atoms with van der Waals surface area (Å²) >= 11 is 0. The molecule has 3 rings (SSSR count). The third-order valence-corrected chi connectivity index (χ3v) is 2.11. The van der Waals surface area contributed by atoms with Crippen LogP contribution in [0.4, 0.5) is 0 Å². The van der Waals surface area contributed by atoms with Crippen molar-refractivity contribution in [1.29, 1.82) is 0 Å². The van der Waals surface area contributed by atoms with Gasteiger partial charge in [0.25, 0.3) is 11.3 Å². The molecule has 9 heteroatoms. The van der Waals surface area contributed by atoms with Crippen LogP contribution in [0.2, 0.25) is 0 Å². The van der Waals surface area contributed by atoms with E-state index in [1.54, 1.807) is 0 Å². The van der Waals surface area contributed by atoms with Crippen LogP contribution in [0.25, 0.3) is 5.71 Å². The van der Waals surface area contributed by atoms with Crippen LogP contribution >= 0.6 is 0 Å². The maximum atomic E-state index is 11.6. The summed E-state index contributed by atoms with van der Waals surface area (Å²) in [4.78, 5) is 45.5. The summed E-state index contributed by atoms with van der Waals surface area (Å²) in [5.74, 6) is 0. The maximum Gasteiger partial charge on any atom is 0.401 e. The fourth-order valence-electron chi connectivity index (χ4n) is 1.25. The van der Waals surface area contributed by atoms with Crippen molar-refractivity contribution in [2.24, 2.45) is 0 Å². The summed E-state index contributed by atoms with van der Waals surface area (Å²) in [7, 11) is 0. The highest BCUT2D eigenvalue weighted by atomic mass is 16.5. The third kappa shape index (κ3) is 1.67. The van der Waals surface area contributed by atoms with E-state index in [4.69, 9.17) is 0 Å². The molecule has 9 nitrogen and oxygen atoms in total. The van der Waals surface area contributed by atoms with E-state index in [2.05, 4.69) is 8.94 Å². The second-order valence-corrected chi connectivity index (χ2v) is 3.29. The molecule has 0 aliphatic rings. The Labute approximate surface area is 96.3 Å². The van der Waals surface area contributed by atoms with Gasteiger partial charge in [-0.25, -0.2) is 14.4 Å². The molecule has 18 heavy (non-hydrogen) atoms. The average molecular weight is 254 g/mol. The van der Waals surface area contributed by atoms with Crippen molar-refractivity contribution in [2.75, 3.05) is 0 Å². The van der Waals surface area contributed by atoms with E-state index < -0.39 is 28.2 Å². The van der Waals surface area contributed by atoms with Crippen LogP contribution in [0.5, 0.6) is 0 Å². The number of hydrogen-bond acceptors (Lipinski definition) is 7. The molecule has 0 aliphatic heterocycles. The molecule has 0 saturated carbocycles. The number of nitrogens with zero attached hydrogens (tertiary/aromatic N) is 2. The van der Waals surface area contributed by atoms with E-state index in [1.807, 2.05) is 0 Å². The van der Waals surface area contributed by atoms with Crippen LogP contribution in [0, 0.1) is 6.92 Å². The highest BCUT2D eigenvalue weighted by Crippen LogP contribution is 1.96. The van der Waals surface area contributed by atoms with Crippen molar-refractivity contribution in [2.45, 2.75) is 6.92 Å². The third-order valence-electron chi connectivity index (χ3n) is 2.11. The van der Waals surface area contributed by atoms with Crippen LogP contribution < -0.4 is 22.5 Å². The number of rotatable bonds is 0. The fourth-order valence-corrected chi connectivity index (χ4v) is 1.25. The number of fused-ring (bicyclic) bond motifs is 7. The van der Waals surface area contributed by atoms with Gasteiger partial charge in [-0.15, -0.1) is 0 Å². The molecule has 0 atom stereocenters. The van der Waals surface area contributed by atoms with Gasteiger partial charge in [0, 0.05) is 12.1 Å². The first kappa shape index (κ1) is 11.6. The second kappa shape index (κ2) is 3.87. The van der Waals surface area contributed by atoms with Crippen LogP contribution in [0.1, 0.15) is 5.56 Å². The molecule has 0 aliphatic carbocycles. The first-order valence-corrected chi connectivity index (χ1v) is 4.62. The summed E-state index contributed by atoms with van der Waals surface area (Å²) in [5.41, 5.74) is -5.47. The molecular weight excluding hydrogens is 248 g/mol. The second-order valence-electron chi connectivity index (χ2n) is 3.29. The lowest BCUT2D eigenvalue weighted by molar-refractivity contribution is 0.148. The Kier molecular flexibility index (Phi) is 2.51. The van der Waals surface area contributed by atoms with E-state index in [0.29, 0.717) is 6.07 Å². The molecule has 0 unspecified atom stereocenters. The summed E-state index contributed by atoms with van der Waals surface area (Å²) in [6, 6.07) is 1.41. The predicted molar refractivity (Wildman–Crippen MR) is 55.7 cm³/mol. The molecule has 3 aromatic heterocycles. The Morgan fingerprint density at radius 3 is 2.39 bits per heavy atom. The van der Waals surface area contributed by atoms with E-state index in [9.17, 15) is 24.4 Å². The summed E-state index contributed by atoms with van der Waals surface area (Å²) in [6.07, 6.45) is 0. The lowest BCUT2D eigenvalue weighted by Gasteiger charge is -2.00. The minimum atomic E-state index is -1.36. The van der Waals surface area contributed by atoms with Crippen LogP contribution in [0.15, 0.2) is 40.3 Å². The minimum absolute atomic E-state index is 0.0602. The Morgan fingerprint density at radius 2 is 1.72 bits per heavy atom. The van der Waals surface area contributed by atoms with Gasteiger partial charge in [0.2, 0.25) is 0 Å². The molecule has 3 aromatic rings. The Balaban J connectivity index is 3.39. The van der Waals surface area contributed by atoms with Crippen molar-refractivity contribution in [1.82, 2.24) is 9.30 Å². The Morgan fingerprint density at radius 1 is 1.11 bits per heavy atom. The van der Waals surface area contributed by atoms with Crippen molar-refractivity contribution in [3.05, 3.63) is 59.4 Å². The number of aromatic nitrogens is 2. The Bertz CT molecular complexity index is 840. The molecule has 0 saturated heterocycles. The minimum Gasteiger partial charge on any atom is -0.421 e.